The standard InChI is InChI=1S/C17H20N4O2/c1-12-9-15(16(22)23-2)20-17(19-12)21-8-6-13(11-21)10-14-5-3-4-7-18-14/h3-5,7,9,13H,6,8,10-11H2,1-2H3. The van der Waals surface area contributed by atoms with Crippen molar-refractivity contribution in [3.63, 3.8) is 0 Å². The Labute approximate surface area is 135 Å². The molecule has 0 radical (unpaired) electrons. The lowest BCUT2D eigenvalue weighted by molar-refractivity contribution is 0.0593. The Morgan fingerprint density at radius 1 is 1.39 bits per heavy atom. The molecule has 6 heteroatoms. The van der Waals surface area contributed by atoms with Gasteiger partial charge in [-0.2, -0.15) is 0 Å². The third kappa shape index (κ3) is 3.64. The van der Waals surface area contributed by atoms with E-state index in [0.29, 0.717) is 17.6 Å². The summed E-state index contributed by atoms with van der Waals surface area (Å²) >= 11 is 0. The first kappa shape index (κ1) is 15.4. The second-order valence-electron chi connectivity index (χ2n) is 5.81. The zero-order chi connectivity index (χ0) is 16.2. The van der Waals surface area contributed by atoms with Gasteiger partial charge in [0.05, 0.1) is 7.11 Å². The van der Waals surface area contributed by atoms with E-state index in [4.69, 9.17) is 4.74 Å². The molecule has 120 valence electrons. The average molecular weight is 312 g/mol. The largest absolute Gasteiger partial charge is 0.464 e. The molecule has 3 rings (SSSR count). The van der Waals surface area contributed by atoms with Crippen molar-refractivity contribution in [1.82, 2.24) is 15.0 Å². The van der Waals surface area contributed by atoms with Gasteiger partial charge in [0.2, 0.25) is 5.95 Å². The summed E-state index contributed by atoms with van der Waals surface area (Å²) < 4.78 is 4.75. The minimum Gasteiger partial charge on any atom is -0.464 e. The van der Waals surface area contributed by atoms with E-state index >= 15 is 0 Å². The number of aryl methyl sites for hydroxylation is 1. The Bertz CT molecular complexity index is 690. The molecule has 0 saturated carbocycles. The zero-order valence-electron chi connectivity index (χ0n) is 13.4. The summed E-state index contributed by atoms with van der Waals surface area (Å²) in [5, 5.41) is 0. The number of rotatable bonds is 4. The zero-order valence-corrected chi connectivity index (χ0v) is 13.4. The summed E-state index contributed by atoms with van der Waals surface area (Å²) in [6.45, 7) is 3.63. The Morgan fingerprint density at radius 3 is 3.00 bits per heavy atom. The van der Waals surface area contributed by atoms with Gasteiger partial charge in [-0.1, -0.05) is 6.07 Å². The van der Waals surface area contributed by atoms with Crippen LogP contribution in [0.4, 0.5) is 5.95 Å². The van der Waals surface area contributed by atoms with Crippen molar-refractivity contribution in [2.45, 2.75) is 19.8 Å². The van der Waals surface area contributed by atoms with Gasteiger partial charge in [0, 0.05) is 30.7 Å². The first-order valence-corrected chi connectivity index (χ1v) is 7.74. The Balaban J connectivity index is 1.71. The van der Waals surface area contributed by atoms with Crippen LogP contribution in [-0.2, 0) is 11.2 Å². The maximum atomic E-state index is 11.7. The van der Waals surface area contributed by atoms with E-state index in [2.05, 4.69) is 25.9 Å². The SMILES string of the molecule is COC(=O)c1cc(C)nc(N2CCC(Cc3ccccn3)C2)n1. The normalized spacial score (nSPS) is 17.3. The second kappa shape index (κ2) is 6.73. The molecular formula is C17H20N4O2. The lowest BCUT2D eigenvalue weighted by Gasteiger charge is -2.17. The van der Waals surface area contributed by atoms with Gasteiger partial charge in [-0.15, -0.1) is 0 Å². The number of pyridine rings is 1. The van der Waals surface area contributed by atoms with Crippen LogP contribution in [0.15, 0.2) is 30.5 Å². The fraction of sp³-hybridized carbons (Fsp3) is 0.412. The highest BCUT2D eigenvalue weighted by atomic mass is 16.5. The molecule has 23 heavy (non-hydrogen) atoms. The fourth-order valence-corrected chi connectivity index (χ4v) is 2.90. The predicted octanol–water partition coefficient (Wildman–Crippen LogP) is 2.04. The third-order valence-electron chi connectivity index (χ3n) is 4.03. The summed E-state index contributed by atoms with van der Waals surface area (Å²) in [6.07, 6.45) is 3.85. The van der Waals surface area contributed by atoms with Crippen molar-refractivity contribution < 1.29 is 9.53 Å². The molecule has 3 heterocycles. The summed E-state index contributed by atoms with van der Waals surface area (Å²) in [4.78, 5) is 27.0. The quantitative estimate of drug-likeness (QED) is 0.805. The summed E-state index contributed by atoms with van der Waals surface area (Å²) in [5.74, 6) is 0.700. The number of hydrogen-bond donors (Lipinski definition) is 0. The van der Waals surface area contributed by atoms with Crippen LogP contribution in [0.3, 0.4) is 0 Å². The predicted molar refractivity (Wildman–Crippen MR) is 86.4 cm³/mol. The molecule has 0 amide bonds. The molecular weight excluding hydrogens is 292 g/mol. The highest BCUT2D eigenvalue weighted by Crippen LogP contribution is 2.24. The topological polar surface area (TPSA) is 68.2 Å². The number of carbonyl (C=O) groups excluding carboxylic acids is 1. The molecule has 0 aromatic carbocycles. The van der Waals surface area contributed by atoms with Gasteiger partial charge in [0.25, 0.3) is 0 Å². The van der Waals surface area contributed by atoms with Gasteiger partial charge in [0.15, 0.2) is 5.69 Å². The van der Waals surface area contributed by atoms with Crippen molar-refractivity contribution in [3.05, 3.63) is 47.5 Å². The van der Waals surface area contributed by atoms with Gasteiger partial charge >= 0.3 is 5.97 Å². The van der Waals surface area contributed by atoms with Crippen molar-refractivity contribution >= 4 is 11.9 Å². The molecule has 1 saturated heterocycles. The molecule has 0 spiro atoms. The molecule has 0 N–H and O–H groups in total. The van der Waals surface area contributed by atoms with Gasteiger partial charge < -0.3 is 9.64 Å². The molecule has 2 aromatic rings. The van der Waals surface area contributed by atoms with E-state index < -0.39 is 5.97 Å². The van der Waals surface area contributed by atoms with E-state index in [0.717, 1.165) is 37.3 Å². The van der Waals surface area contributed by atoms with Gasteiger partial charge in [-0.3, -0.25) is 4.98 Å². The maximum absolute atomic E-state index is 11.7. The number of esters is 1. The van der Waals surface area contributed by atoms with Crippen LogP contribution in [0, 0.1) is 12.8 Å². The first-order chi connectivity index (χ1) is 11.2. The molecule has 6 nitrogen and oxygen atoms in total. The molecule has 1 aliphatic heterocycles. The molecule has 1 fully saturated rings. The average Bonchev–Trinajstić information content (AvgIpc) is 3.03. The minimum absolute atomic E-state index is 0.308. The van der Waals surface area contributed by atoms with E-state index in [9.17, 15) is 4.79 Å². The van der Waals surface area contributed by atoms with Gasteiger partial charge in [-0.05, 0) is 43.9 Å². The maximum Gasteiger partial charge on any atom is 0.356 e. The highest BCUT2D eigenvalue weighted by Gasteiger charge is 2.26. The second-order valence-corrected chi connectivity index (χ2v) is 5.81. The van der Waals surface area contributed by atoms with Crippen LogP contribution in [0.1, 0.15) is 28.3 Å². The fourth-order valence-electron chi connectivity index (χ4n) is 2.90. The van der Waals surface area contributed by atoms with Gasteiger partial charge in [-0.25, -0.2) is 14.8 Å². The van der Waals surface area contributed by atoms with Crippen LogP contribution in [0.2, 0.25) is 0 Å². The first-order valence-electron chi connectivity index (χ1n) is 7.74. The number of hydrogen-bond acceptors (Lipinski definition) is 6. The number of nitrogens with zero attached hydrogens (tertiary/aromatic N) is 4. The molecule has 0 bridgehead atoms. The van der Waals surface area contributed by atoms with Crippen molar-refractivity contribution in [2.75, 3.05) is 25.1 Å². The Kier molecular flexibility index (Phi) is 4.50. The van der Waals surface area contributed by atoms with E-state index in [-0.39, 0.29) is 0 Å². The van der Waals surface area contributed by atoms with Crippen molar-refractivity contribution in [3.8, 4) is 0 Å². The Morgan fingerprint density at radius 2 is 2.26 bits per heavy atom. The Hall–Kier alpha value is -2.50. The lowest BCUT2D eigenvalue weighted by atomic mass is 10.0. The van der Waals surface area contributed by atoms with E-state index in [1.165, 1.54) is 7.11 Å². The van der Waals surface area contributed by atoms with Crippen LogP contribution in [-0.4, -0.2) is 41.1 Å². The monoisotopic (exact) mass is 312 g/mol. The number of anilines is 1. The number of aromatic nitrogens is 3. The summed E-state index contributed by atoms with van der Waals surface area (Å²) in [5.41, 5.74) is 2.19. The number of ether oxygens (including phenoxy) is 1. The summed E-state index contributed by atoms with van der Waals surface area (Å²) in [7, 11) is 1.36. The van der Waals surface area contributed by atoms with Crippen LogP contribution in [0.25, 0.3) is 0 Å². The van der Waals surface area contributed by atoms with E-state index in [1.54, 1.807) is 6.07 Å². The number of carbonyl (C=O) groups is 1. The molecule has 1 atom stereocenters. The minimum atomic E-state index is -0.430. The highest BCUT2D eigenvalue weighted by molar-refractivity contribution is 5.87. The van der Waals surface area contributed by atoms with Gasteiger partial charge in [0.1, 0.15) is 0 Å². The smallest absolute Gasteiger partial charge is 0.356 e. The lowest BCUT2D eigenvalue weighted by Crippen LogP contribution is -2.24. The van der Waals surface area contributed by atoms with Crippen LogP contribution < -0.4 is 4.90 Å². The molecule has 1 unspecified atom stereocenters. The molecule has 1 aliphatic rings. The molecule has 2 aromatic heterocycles. The van der Waals surface area contributed by atoms with Crippen LogP contribution >= 0.6 is 0 Å². The summed E-state index contributed by atoms with van der Waals surface area (Å²) in [6, 6.07) is 7.65. The van der Waals surface area contributed by atoms with Crippen molar-refractivity contribution in [2.24, 2.45) is 5.92 Å². The number of methoxy groups -OCH3 is 1. The third-order valence-corrected chi connectivity index (χ3v) is 4.03. The van der Waals surface area contributed by atoms with Crippen molar-refractivity contribution in [1.29, 1.82) is 0 Å². The van der Waals surface area contributed by atoms with Crippen LogP contribution in [0.5, 0.6) is 0 Å². The molecule has 0 aliphatic carbocycles. The van der Waals surface area contributed by atoms with E-state index in [1.807, 2.05) is 25.3 Å².